The van der Waals surface area contributed by atoms with Crippen LogP contribution >= 0.6 is 29.9 Å². The zero-order valence-corrected chi connectivity index (χ0v) is 10.0. The van der Waals surface area contributed by atoms with Crippen molar-refractivity contribution in [1.82, 2.24) is 0 Å². The van der Waals surface area contributed by atoms with Gasteiger partial charge in [0.05, 0.1) is 0 Å². The van der Waals surface area contributed by atoms with Gasteiger partial charge in [-0.15, -0.1) is 11.8 Å². The molecule has 0 amide bonds. The van der Waals surface area contributed by atoms with E-state index in [9.17, 15) is 0 Å². The highest BCUT2D eigenvalue weighted by Gasteiger charge is 2.00. The molecule has 2 aromatic rings. The standard InChI is InChI=1S/C11H10ClPS/c12-13-8-4-7-11(13)14-9-10-5-2-1-3-6-10/h1-8H,9H2. The monoisotopic (exact) mass is 240 g/mol. The maximum Gasteiger partial charge on any atom is 0.0416 e. The van der Waals surface area contributed by atoms with Gasteiger partial charge >= 0.3 is 0 Å². The number of benzene rings is 1. The number of hydrogen-bond donors (Lipinski definition) is 0. The van der Waals surface area contributed by atoms with Crippen LogP contribution in [0.3, 0.4) is 0 Å². The van der Waals surface area contributed by atoms with Crippen molar-refractivity contribution in [2.45, 2.75) is 10.4 Å². The quantitative estimate of drug-likeness (QED) is 0.683. The van der Waals surface area contributed by atoms with E-state index in [1.807, 2.05) is 23.9 Å². The van der Waals surface area contributed by atoms with Crippen molar-refractivity contribution >= 4 is 29.9 Å². The third kappa shape index (κ3) is 2.57. The largest absolute Gasteiger partial charge is 0.116 e. The van der Waals surface area contributed by atoms with E-state index in [1.165, 1.54) is 10.2 Å². The first kappa shape index (κ1) is 10.2. The van der Waals surface area contributed by atoms with E-state index >= 15 is 0 Å². The van der Waals surface area contributed by atoms with E-state index in [-0.39, 0.29) is 0 Å². The van der Waals surface area contributed by atoms with Crippen molar-refractivity contribution in [3.05, 3.63) is 53.8 Å². The van der Waals surface area contributed by atoms with Gasteiger partial charge in [0, 0.05) is 10.4 Å². The zero-order valence-electron chi connectivity index (χ0n) is 7.56. The summed E-state index contributed by atoms with van der Waals surface area (Å²) in [5, 5.41) is 0. The molecule has 0 saturated heterocycles. The highest BCUT2D eigenvalue weighted by molar-refractivity contribution is 8.04. The fourth-order valence-corrected chi connectivity index (χ4v) is 4.15. The fourth-order valence-electron chi connectivity index (χ4n) is 1.19. The van der Waals surface area contributed by atoms with Crippen LogP contribution in [-0.4, -0.2) is 0 Å². The van der Waals surface area contributed by atoms with Crippen molar-refractivity contribution in [3.8, 4) is 0 Å². The molecule has 14 heavy (non-hydrogen) atoms. The van der Waals surface area contributed by atoms with E-state index in [4.69, 9.17) is 11.2 Å². The van der Waals surface area contributed by atoms with Gasteiger partial charge in [0.1, 0.15) is 0 Å². The van der Waals surface area contributed by atoms with Gasteiger partial charge in [-0.2, -0.15) is 0 Å². The Kier molecular flexibility index (Phi) is 3.58. The first-order chi connectivity index (χ1) is 6.86. The second kappa shape index (κ2) is 4.93. The van der Waals surface area contributed by atoms with Gasteiger partial charge < -0.3 is 0 Å². The smallest absolute Gasteiger partial charge is 0.0416 e. The summed E-state index contributed by atoms with van der Waals surface area (Å²) in [7, 11) is 0. The molecule has 0 saturated carbocycles. The predicted molar refractivity (Wildman–Crippen MR) is 66.4 cm³/mol. The Morgan fingerprint density at radius 1 is 1.07 bits per heavy atom. The Hall–Kier alpha value is -0.360. The van der Waals surface area contributed by atoms with Crippen molar-refractivity contribution in [3.63, 3.8) is 0 Å². The summed E-state index contributed by atoms with van der Waals surface area (Å²) in [6, 6.07) is 14.6. The maximum atomic E-state index is 6.13. The maximum absolute atomic E-state index is 6.13. The van der Waals surface area contributed by atoms with Gasteiger partial charge in [0.25, 0.3) is 0 Å². The lowest BCUT2D eigenvalue weighted by Crippen LogP contribution is -1.76. The Morgan fingerprint density at radius 3 is 2.50 bits per heavy atom. The fraction of sp³-hybridized carbons (Fsp3) is 0.0909. The molecule has 2 rings (SSSR count). The van der Waals surface area contributed by atoms with Crippen LogP contribution in [0.2, 0.25) is 0 Å². The molecule has 1 unspecified atom stereocenters. The van der Waals surface area contributed by atoms with Crippen LogP contribution in [0.15, 0.2) is 52.9 Å². The molecule has 1 heterocycles. The summed E-state index contributed by atoms with van der Waals surface area (Å²) in [6.45, 7) is -0.509. The van der Waals surface area contributed by atoms with Crippen molar-refractivity contribution < 1.29 is 0 Å². The third-order valence-electron chi connectivity index (χ3n) is 1.90. The van der Waals surface area contributed by atoms with Crippen LogP contribution < -0.4 is 0 Å². The summed E-state index contributed by atoms with van der Waals surface area (Å²) in [5.74, 6) is 3.09. The van der Waals surface area contributed by atoms with Gasteiger partial charge in [-0.1, -0.05) is 47.6 Å². The summed E-state index contributed by atoms with van der Waals surface area (Å²) in [4.78, 5) is 0. The van der Waals surface area contributed by atoms with E-state index in [2.05, 4.69) is 36.1 Å². The molecule has 0 aliphatic rings. The molecule has 72 valence electrons. The van der Waals surface area contributed by atoms with E-state index in [0.29, 0.717) is 0 Å². The molecule has 0 radical (unpaired) electrons. The van der Waals surface area contributed by atoms with Gasteiger partial charge in [0.2, 0.25) is 0 Å². The molecule has 0 aliphatic heterocycles. The summed E-state index contributed by atoms with van der Waals surface area (Å²) in [6.07, 6.45) is 0. The average Bonchev–Trinajstić information content (AvgIpc) is 2.63. The Bertz CT molecular complexity index is 397. The molecule has 1 aromatic heterocycles. The summed E-state index contributed by atoms with van der Waals surface area (Å²) >= 11 is 7.97. The van der Waals surface area contributed by atoms with Crippen LogP contribution in [0.4, 0.5) is 0 Å². The molecule has 1 aromatic carbocycles. The topological polar surface area (TPSA) is 0 Å². The van der Waals surface area contributed by atoms with Crippen LogP contribution in [0.5, 0.6) is 0 Å². The first-order valence-corrected chi connectivity index (χ1v) is 7.66. The van der Waals surface area contributed by atoms with Crippen LogP contribution in [0, 0.1) is 0 Å². The third-order valence-corrected chi connectivity index (χ3v) is 5.97. The molecule has 3 heteroatoms. The van der Waals surface area contributed by atoms with Crippen molar-refractivity contribution in [2.75, 3.05) is 0 Å². The molecule has 0 N–H and O–H groups in total. The van der Waals surface area contributed by atoms with Crippen LogP contribution in [0.1, 0.15) is 5.56 Å². The molecule has 0 spiro atoms. The van der Waals surface area contributed by atoms with Crippen molar-refractivity contribution in [1.29, 1.82) is 0 Å². The normalized spacial score (nSPS) is 11.6. The van der Waals surface area contributed by atoms with Crippen LogP contribution in [-0.2, 0) is 5.75 Å². The van der Waals surface area contributed by atoms with Gasteiger partial charge in [-0.25, -0.2) is 0 Å². The minimum Gasteiger partial charge on any atom is -0.116 e. The van der Waals surface area contributed by atoms with Gasteiger partial charge in [-0.05, 0) is 24.3 Å². The van der Waals surface area contributed by atoms with E-state index in [1.54, 1.807) is 0 Å². The highest BCUT2D eigenvalue weighted by atomic mass is 35.7. The Balaban J connectivity index is 1.99. The van der Waals surface area contributed by atoms with E-state index in [0.717, 1.165) is 5.75 Å². The lowest BCUT2D eigenvalue weighted by Gasteiger charge is -2.00. The minimum absolute atomic E-state index is 0.509. The average molecular weight is 241 g/mol. The number of halogens is 1. The molecular formula is C11H10ClPS. The Labute approximate surface area is 94.1 Å². The summed E-state index contributed by atoms with van der Waals surface area (Å²) in [5.41, 5.74) is 1.35. The minimum atomic E-state index is -0.509. The molecule has 1 atom stereocenters. The van der Waals surface area contributed by atoms with E-state index < -0.39 is 6.89 Å². The number of thioether (sulfide) groups is 1. The molecule has 0 bridgehead atoms. The summed E-state index contributed by atoms with van der Waals surface area (Å²) < 4.78 is 1.31. The van der Waals surface area contributed by atoms with Gasteiger partial charge in [0.15, 0.2) is 0 Å². The lowest BCUT2D eigenvalue weighted by molar-refractivity contribution is 1.41. The molecule has 0 aliphatic carbocycles. The Morgan fingerprint density at radius 2 is 1.86 bits per heavy atom. The predicted octanol–water partition coefficient (Wildman–Crippen LogP) is 4.97. The number of rotatable bonds is 3. The second-order valence-electron chi connectivity index (χ2n) is 2.93. The second-order valence-corrected chi connectivity index (χ2v) is 6.75. The van der Waals surface area contributed by atoms with Gasteiger partial charge in [-0.3, -0.25) is 0 Å². The number of hydrogen-bond acceptors (Lipinski definition) is 1. The molecule has 0 fully saturated rings. The first-order valence-electron chi connectivity index (χ1n) is 4.36. The van der Waals surface area contributed by atoms with Crippen LogP contribution in [0.25, 0.3) is 0 Å². The molecular weight excluding hydrogens is 231 g/mol. The highest BCUT2D eigenvalue weighted by Crippen LogP contribution is 2.45. The lowest BCUT2D eigenvalue weighted by atomic mass is 10.2. The SMILES string of the molecule is Clp1cccc1SCc1ccccc1. The molecule has 0 nitrogen and oxygen atoms in total. The zero-order chi connectivity index (χ0) is 9.80. The van der Waals surface area contributed by atoms with Crippen molar-refractivity contribution in [2.24, 2.45) is 0 Å².